The van der Waals surface area contributed by atoms with Crippen molar-refractivity contribution in [2.24, 2.45) is 0 Å². The summed E-state index contributed by atoms with van der Waals surface area (Å²) in [7, 11) is -6.09. The second-order valence-electron chi connectivity index (χ2n) is 8.90. The van der Waals surface area contributed by atoms with Gasteiger partial charge in [0.25, 0.3) is 0 Å². The van der Waals surface area contributed by atoms with Crippen LogP contribution < -0.4 is 0 Å². The van der Waals surface area contributed by atoms with Crippen LogP contribution in [0.4, 0.5) is 13.2 Å². The first-order valence-corrected chi connectivity index (χ1v) is 11.0. The van der Waals surface area contributed by atoms with Crippen LogP contribution in [0.15, 0.2) is 40.8 Å². The molecule has 31 heavy (non-hydrogen) atoms. The maximum atomic E-state index is 10.7. The molecule has 1 heterocycles. The zero-order chi connectivity index (χ0) is 24.3. The highest BCUT2D eigenvalue weighted by molar-refractivity contribution is 7.86. The van der Waals surface area contributed by atoms with Gasteiger partial charge in [0.2, 0.25) is 0 Å². The summed E-state index contributed by atoms with van der Waals surface area (Å²) in [6.07, 6.45) is 4.23. The van der Waals surface area contributed by atoms with Crippen molar-refractivity contribution < 1.29 is 30.6 Å². The molecule has 0 amide bonds. The Bertz CT molecular complexity index is 982. The molecule has 4 nitrogen and oxygen atoms in total. The summed E-state index contributed by atoms with van der Waals surface area (Å²) >= 11 is 5.93. The van der Waals surface area contributed by atoms with Gasteiger partial charge in [-0.05, 0) is 64.8 Å². The quantitative estimate of drug-likeness (QED) is 0.264. The Morgan fingerprint density at radius 3 is 1.52 bits per heavy atom. The topological polar surface area (TPSA) is 68.5 Å². The summed E-state index contributed by atoms with van der Waals surface area (Å²) in [5.74, 6) is 2.00. The third-order valence-electron chi connectivity index (χ3n) is 3.92. The number of benzene rings is 1. The van der Waals surface area contributed by atoms with E-state index in [4.69, 9.17) is 29.0 Å². The fourth-order valence-corrected chi connectivity index (χ4v) is 2.25. The minimum atomic E-state index is -6.09. The second kappa shape index (κ2) is 9.71. The molecule has 0 N–H and O–H groups in total. The standard InChI is InChI=1S/C21H26ClO.CHF3O3S/c1-20(2,3)18-13-16(14-19(23-18)21(4,5)6)8-7-15-9-11-17(22)12-10-15;2-1(3,4)8(5,6)7/h7-14H,1-6H3;(H,5,6,7)/q+1;/p-1. The van der Waals surface area contributed by atoms with E-state index in [-0.39, 0.29) is 10.8 Å². The fraction of sp³-hybridized carbons (Fsp3) is 0.409. The van der Waals surface area contributed by atoms with E-state index in [0.29, 0.717) is 0 Å². The third-order valence-corrected chi connectivity index (χ3v) is 4.73. The van der Waals surface area contributed by atoms with Gasteiger partial charge < -0.3 is 4.55 Å². The summed E-state index contributed by atoms with van der Waals surface area (Å²) in [6, 6.07) is 12.1. The molecule has 0 aliphatic carbocycles. The minimum absolute atomic E-state index is 0.0237. The average molecular weight is 479 g/mol. The van der Waals surface area contributed by atoms with Crippen molar-refractivity contribution >= 4 is 33.9 Å². The molecule has 9 heteroatoms. The Labute approximate surface area is 186 Å². The average Bonchev–Trinajstić information content (AvgIpc) is 2.58. The Balaban J connectivity index is 0.000000512. The number of hydrogen-bond acceptors (Lipinski definition) is 3. The molecule has 0 unspecified atom stereocenters. The van der Waals surface area contributed by atoms with E-state index >= 15 is 0 Å². The van der Waals surface area contributed by atoms with E-state index in [2.05, 4.69) is 65.8 Å². The van der Waals surface area contributed by atoms with Gasteiger partial charge in [-0.1, -0.05) is 35.9 Å². The molecule has 0 saturated carbocycles. The zero-order valence-corrected chi connectivity index (χ0v) is 19.7. The maximum Gasteiger partial charge on any atom is 0.485 e. The Hall–Kier alpha value is -1.90. The lowest BCUT2D eigenvalue weighted by Gasteiger charge is -2.14. The van der Waals surface area contributed by atoms with E-state index in [0.717, 1.165) is 27.7 Å². The van der Waals surface area contributed by atoms with Crippen LogP contribution in [-0.4, -0.2) is 18.5 Å². The number of rotatable bonds is 2. The molecule has 2 rings (SSSR count). The van der Waals surface area contributed by atoms with Crippen molar-refractivity contribution in [3.63, 3.8) is 0 Å². The van der Waals surface area contributed by atoms with E-state index in [1.807, 2.05) is 24.3 Å². The van der Waals surface area contributed by atoms with Crippen molar-refractivity contribution in [1.29, 1.82) is 0 Å². The predicted octanol–water partition coefficient (Wildman–Crippen LogP) is 7.03. The summed E-state index contributed by atoms with van der Waals surface area (Å²) in [6.45, 7) is 13.0. The molecule has 2 aromatic rings. The first-order chi connectivity index (χ1) is 13.8. The number of alkyl halides is 3. The molecule has 0 atom stereocenters. The molecule has 1 aromatic carbocycles. The highest BCUT2D eigenvalue weighted by Crippen LogP contribution is 2.31. The minimum Gasteiger partial charge on any atom is -0.741 e. The molecule has 0 fully saturated rings. The SMILES string of the molecule is CC(C)(C)c1cc(C=Cc2ccc(Cl)cc2)cc(C(C)(C)C)[o+]1.O=S(=O)([O-])C(F)(F)F. The lowest BCUT2D eigenvalue weighted by Crippen LogP contribution is -2.21. The van der Waals surface area contributed by atoms with Gasteiger partial charge in [0.15, 0.2) is 10.1 Å². The Morgan fingerprint density at radius 2 is 1.19 bits per heavy atom. The Kier molecular flexibility index (Phi) is 8.50. The van der Waals surface area contributed by atoms with Gasteiger partial charge in [-0.2, -0.15) is 13.2 Å². The van der Waals surface area contributed by atoms with Crippen molar-refractivity contribution in [3.8, 4) is 0 Å². The molecule has 172 valence electrons. The molecule has 0 spiro atoms. The second-order valence-corrected chi connectivity index (χ2v) is 10.7. The van der Waals surface area contributed by atoms with Crippen molar-refractivity contribution in [1.82, 2.24) is 0 Å². The van der Waals surface area contributed by atoms with E-state index in [1.165, 1.54) is 0 Å². The van der Waals surface area contributed by atoms with Gasteiger partial charge in [-0.15, -0.1) is 0 Å². The monoisotopic (exact) mass is 478 g/mol. The molecule has 1 aromatic heterocycles. The fourth-order valence-electron chi connectivity index (χ4n) is 2.12. The van der Waals surface area contributed by atoms with Crippen LogP contribution in [0, 0.1) is 0 Å². The first-order valence-electron chi connectivity index (χ1n) is 9.26. The van der Waals surface area contributed by atoms with Gasteiger partial charge in [0, 0.05) is 17.2 Å². The largest absolute Gasteiger partial charge is 0.741 e. The Morgan fingerprint density at radius 1 is 0.839 bits per heavy atom. The van der Waals surface area contributed by atoms with Crippen LogP contribution in [0.25, 0.3) is 12.2 Å². The highest BCUT2D eigenvalue weighted by atomic mass is 35.5. The summed E-state index contributed by atoms with van der Waals surface area (Å²) in [5.41, 5.74) is -3.41. The van der Waals surface area contributed by atoms with Crippen LogP contribution in [0.2, 0.25) is 5.02 Å². The van der Waals surface area contributed by atoms with Crippen LogP contribution >= 0.6 is 11.6 Å². The van der Waals surface area contributed by atoms with E-state index in [1.54, 1.807) is 0 Å². The van der Waals surface area contributed by atoms with Gasteiger partial charge in [0.05, 0.1) is 10.8 Å². The zero-order valence-electron chi connectivity index (χ0n) is 18.2. The molecular weight excluding hydrogens is 453 g/mol. The van der Waals surface area contributed by atoms with Crippen LogP contribution in [0.3, 0.4) is 0 Å². The van der Waals surface area contributed by atoms with Crippen LogP contribution in [-0.2, 0) is 20.9 Å². The molecular formula is C22H26ClF3O4S. The van der Waals surface area contributed by atoms with Gasteiger partial charge in [0.1, 0.15) is 0 Å². The van der Waals surface area contributed by atoms with Gasteiger partial charge in [-0.25, -0.2) is 12.8 Å². The summed E-state index contributed by atoms with van der Waals surface area (Å²) in [5, 5.41) is 0.755. The smallest absolute Gasteiger partial charge is 0.485 e. The molecule has 0 saturated heterocycles. The van der Waals surface area contributed by atoms with E-state index in [9.17, 15) is 13.2 Å². The number of halogens is 4. The molecule has 0 radical (unpaired) electrons. The first kappa shape index (κ1) is 27.1. The van der Waals surface area contributed by atoms with Crippen LogP contribution in [0.5, 0.6) is 0 Å². The van der Waals surface area contributed by atoms with Crippen molar-refractivity contribution in [2.75, 3.05) is 0 Å². The molecule has 0 bridgehead atoms. The third kappa shape index (κ3) is 9.01. The maximum absolute atomic E-state index is 10.7. The van der Waals surface area contributed by atoms with E-state index < -0.39 is 15.6 Å². The van der Waals surface area contributed by atoms with Crippen molar-refractivity contribution in [3.05, 3.63) is 64.1 Å². The molecule has 0 aliphatic rings. The molecule has 0 aliphatic heterocycles. The van der Waals surface area contributed by atoms with Crippen LogP contribution in [0.1, 0.15) is 64.2 Å². The van der Waals surface area contributed by atoms with Gasteiger partial charge >= 0.3 is 17.0 Å². The highest BCUT2D eigenvalue weighted by Gasteiger charge is 2.37. The lowest BCUT2D eigenvalue weighted by atomic mass is 9.88. The summed E-state index contributed by atoms with van der Waals surface area (Å²) < 4.78 is 65.1. The normalized spacial score (nSPS) is 13.1. The summed E-state index contributed by atoms with van der Waals surface area (Å²) in [4.78, 5) is 0. The lowest BCUT2D eigenvalue weighted by molar-refractivity contribution is -0.0517. The number of hydrogen-bond donors (Lipinski definition) is 0. The van der Waals surface area contributed by atoms with Gasteiger partial charge in [-0.3, -0.25) is 0 Å². The van der Waals surface area contributed by atoms with Crippen molar-refractivity contribution in [2.45, 2.75) is 57.9 Å². The predicted molar refractivity (Wildman–Crippen MR) is 117 cm³/mol.